The van der Waals surface area contributed by atoms with Gasteiger partial charge in [-0.2, -0.15) is 0 Å². The predicted molar refractivity (Wildman–Crippen MR) is 79.7 cm³/mol. The first kappa shape index (κ1) is 15.9. The number of benzene rings is 1. The third kappa shape index (κ3) is 4.25. The lowest BCUT2D eigenvalue weighted by molar-refractivity contribution is -0.125. The van der Waals surface area contributed by atoms with Gasteiger partial charge in [0.1, 0.15) is 5.82 Å². The SMILES string of the molecule is CC(C)(C(=O)NCCN1CCOCC1)c1ccc(F)cc1. The van der Waals surface area contributed by atoms with Gasteiger partial charge in [0, 0.05) is 26.2 Å². The molecule has 1 fully saturated rings. The molecule has 1 aromatic rings. The van der Waals surface area contributed by atoms with Gasteiger partial charge in [-0.15, -0.1) is 0 Å². The van der Waals surface area contributed by atoms with Crippen LogP contribution in [0.2, 0.25) is 0 Å². The first-order valence-corrected chi connectivity index (χ1v) is 7.34. The van der Waals surface area contributed by atoms with Crippen molar-refractivity contribution in [2.75, 3.05) is 39.4 Å². The van der Waals surface area contributed by atoms with Gasteiger partial charge in [-0.3, -0.25) is 9.69 Å². The molecule has 0 unspecified atom stereocenters. The lowest BCUT2D eigenvalue weighted by Gasteiger charge is -2.28. The highest BCUT2D eigenvalue weighted by atomic mass is 19.1. The van der Waals surface area contributed by atoms with Crippen LogP contribution in [0.15, 0.2) is 24.3 Å². The first-order chi connectivity index (χ1) is 10.00. The molecule has 0 atom stereocenters. The smallest absolute Gasteiger partial charge is 0.230 e. The van der Waals surface area contributed by atoms with Crippen molar-refractivity contribution < 1.29 is 13.9 Å². The number of rotatable bonds is 5. The van der Waals surface area contributed by atoms with E-state index in [1.165, 1.54) is 12.1 Å². The Balaban J connectivity index is 1.84. The van der Waals surface area contributed by atoms with Crippen molar-refractivity contribution in [3.8, 4) is 0 Å². The summed E-state index contributed by atoms with van der Waals surface area (Å²) in [5, 5.41) is 2.97. The van der Waals surface area contributed by atoms with Crippen LogP contribution in [0.25, 0.3) is 0 Å². The summed E-state index contributed by atoms with van der Waals surface area (Å²) < 4.78 is 18.3. The summed E-state index contributed by atoms with van der Waals surface area (Å²) in [4.78, 5) is 14.6. The normalized spacial score (nSPS) is 16.7. The highest BCUT2D eigenvalue weighted by molar-refractivity contribution is 5.87. The van der Waals surface area contributed by atoms with E-state index in [4.69, 9.17) is 4.74 Å². The molecule has 116 valence electrons. The predicted octanol–water partition coefficient (Wildman–Crippen LogP) is 1.55. The van der Waals surface area contributed by atoms with E-state index < -0.39 is 5.41 Å². The van der Waals surface area contributed by atoms with Gasteiger partial charge in [0.05, 0.1) is 18.6 Å². The summed E-state index contributed by atoms with van der Waals surface area (Å²) in [6.45, 7) is 8.49. The number of ether oxygens (including phenoxy) is 1. The number of amides is 1. The molecule has 0 bridgehead atoms. The third-order valence-electron chi connectivity index (χ3n) is 3.95. The number of halogens is 1. The number of nitrogens with one attached hydrogen (secondary N) is 1. The second-order valence-corrected chi connectivity index (χ2v) is 5.84. The molecule has 5 heteroatoms. The molecule has 1 N–H and O–H groups in total. The minimum atomic E-state index is -0.668. The summed E-state index contributed by atoms with van der Waals surface area (Å²) in [5.74, 6) is -0.329. The molecular weight excluding hydrogens is 271 g/mol. The molecule has 0 aromatic heterocycles. The molecule has 21 heavy (non-hydrogen) atoms. The van der Waals surface area contributed by atoms with E-state index in [0.29, 0.717) is 6.54 Å². The third-order valence-corrected chi connectivity index (χ3v) is 3.95. The molecule has 0 spiro atoms. The highest BCUT2D eigenvalue weighted by Gasteiger charge is 2.29. The van der Waals surface area contributed by atoms with Crippen molar-refractivity contribution in [1.29, 1.82) is 0 Å². The van der Waals surface area contributed by atoms with Gasteiger partial charge in [-0.1, -0.05) is 12.1 Å². The van der Waals surface area contributed by atoms with Crippen LogP contribution in [0.3, 0.4) is 0 Å². The van der Waals surface area contributed by atoms with Crippen LogP contribution in [0, 0.1) is 5.82 Å². The van der Waals surface area contributed by atoms with Gasteiger partial charge < -0.3 is 10.1 Å². The number of morpholine rings is 1. The average molecular weight is 294 g/mol. The highest BCUT2D eigenvalue weighted by Crippen LogP contribution is 2.23. The summed E-state index contributed by atoms with van der Waals surface area (Å²) >= 11 is 0. The van der Waals surface area contributed by atoms with E-state index >= 15 is 0 Å². The van der Waals surface area contributed by atoms with Gasteiger partial charge in [0.2, 0.25) is 5.91 Å². The van der Waals surface area contributed by atoms with Crippen molar-refractivity contribution in [3.63, 3.8) is 0 Å². The van der Waals surface area contributed by atoms with Crippen LogP contribution in [0.4, 0.5) is 4.39 Å². The van der Waals surface area contributed by atoms with Crippen molar-refractivity contribution in [3.05, 3.63) is 35.6 Å². The zero-order valence-electron chi connectivity index (χ0n) is 12.7. The Morgan fingerprint density at radius 2 is 1.90 bits per heavy atom. The van der Waals surface area contributed by atoms with E-state index in [1.807, 2.05) is 13.8 Å². The Morgan fingerprint density at radius 3 is 2.52 bits per heavy atom. The van der Waals surface area contributed by atoms with E-state index in [2.05, 4.69) is 10.2 Å². The summed E-state index contributed by atoms with van der Waals surface area (Å²) in [5.41, 5.74) is 0.145. The zero-order chi connectivity index (χ0) is 15.3. The Kier molecular flexibility index (Phi) is 5.31. The van der Waals surface area contributed by atoms with E-state index in [1.54, 1.807) is 12.1 Å². The van der Waals surface area contributed by atoms with Crippen LogP contribution in [-0.2, 0) is 14.9 Å². The Hall–Kier alpha value is -1.46. The van der Waals surface area contributed by atoms with E-state index in [-0.39, 0.29) is 11.7 Å². The van der Waals surface area contributed by atoms with Crippen molar-refractivity contribution in [2.24, 2.45) is 0 Å². The molecule has 1 aliphatic rings. The van der Waals surface area contributed by atoms with Crippen LogP contribution in [0.5, 0.6) is 0 Å². The molecule has 1 amide bonds. The lowest BCUT2D eigenvalue weighted by Crippen LogP contribution is -2.45. The number of hydrogen-bond donors (Lipinski definition) is 1. The Labute approximate surface area is 125 Å². The first-order valence-electron chi connectivity index (χ1n) is 7.34. The zero-order valence-corrected chi connectivity index (χ0v) is 12.7. The fourth-order valence-electron chi connectivity index (χ4n) is 2.37. The maximum Gasteiger partial charge on any atom is 0.230 e. The van der Waals surface area contributed by atoms with Crippen LogP contribution in [-0.4, -0.2) is 50.2 Å². The van der Waals surface area contributed by atoms with Crippen LogP contribution < -0.4 is 5.32 Å². The Bertz CT molecular complexity index is 468. The molecule has 0 aliphatic carbocycles. The van der Waals surface area contributed by atoms with Crippen LogP contribution >= 0.6 is 0 Å². The summed E-state index contributed by atoms with van der Waals surface area (Å²) in [6.07, 6.45) is 0. The molecule has 1 aliphatic heterocycles. The molecule has 1 saturated heterocycles. The number of hydrogen-bond acceptors (Lipinski definition) is 3. The standard InChI is InChI=1S/C16H23FN2O2/c1-16(2,13-3-5-14(17)6-4-13)15(20)18-7-8-19-9-11-21-12-10-19/h3-6H,7-12H2,1-2H3,(H,18,20). The van der Waals surface area contributed by atoms with E-state index in [9.17, 15) is 9.18 Å². The van der Waals surface area contributed by atoms with Crippen molar-refractivity contribution >= 4 is 5.91 Å². The number of carbonyl (C=O) groups is 1. The maximum atomic E-state index is 13.0. The molecule has 2 rings (SSSR count). The molecule has 1 heterocycles. The van der Waals surface area contributed by atoms with E-state index in [0.717, 1.165) is 38.4 Å². The van der Waals surface area contributed by atoms with Crippen molar-refractivity contribution in [2.45, 2.75) is 19.3 Å². The summed E-state index contributed by atoms with van der Waals surface area (Å²) in [6, 6.07) is 6.10. The lowest BCUT2D eigenvalue weighted by atomic mass is 9.84. The molecule has 0 saturated carbocycles. The number of carbonyl (C=O) groups excluding carboxylic acids is 1. The minimum Gasteiger partial charge on any atom is -0.379 e. The largest absolute Gasteiger partial charge is 0.379 e. The topological polar surface area (TPSA) is 41.6 Å². The van der Waals surface area contributed by atoms with Gasteiger partial charge >= 0.3 is 0 Å². The summed E-state index contributed by atoms with van der Waals surface area (Å²) in [7, 11) is 0. The van der Waals surface area contributed by atoms with Gasteiger partial charge in [0.25, 0.3) is 0 Å². The van der Waals surface area contributed by atoms with Gasteiger partial charge in [-0.25, -0.2) is 4.39 Å². The monoisotopic (exact) mass is 294 g/mol. The fraction of sp³-hybridized carbons (Fsp3) is 0.562. The maximum absolute atomic E-state index is 13.0. The molecular formula is C16H23FN2O2. The fourth-order valence-corrected chi connectivity index (χ4v) is 2.37. The minimum absolute atomic E-state index is 0.0395. The van der Waals surface area contributed by atoms with Gasteiger partial charge in [-0.05, 0) is 31.5 Å². The van der Waals surface area contributed by atoms with Crippen LogP contribution in [0.1, 0.15) is 19.4 Å². The molecule has 1 aromatic carbocycles. The van der Waals surface area contributed by atoms with Crippen molar-refractivity contribution in [1.82, 2.24) is 10.2 Å². The Morgan fingerprint density at radius 1 is 1.29 bits per heavy atom. The van der Waals surface area contributed by atoms with Gasteiger partial charge in [0.15, 0.2) is 0 Å². The molecule has 4 nitrogen and oxygen atoms in total. The second-order valence-electron chi connectivity index (χ2n) is 5.84. The molecule has 0 radical (unpaired) electrons. The second kappa shape index (κ2) is 7.00. The average Bonchev–Trinajstić information content (AvgIpc) is 2.48. The number of nitrogens with zero attached hydrogens (tertiary/aromatic N) is 1. The quantitative estimate of drug-likeness (QED) is 0.896.